The highest BCUT2D eigenvalue weighted by atomic mass is 16.3. The van der Waals surface area contributed by atoms with Gasteiger partial charge in [0.2, 0.25) is 0 Å². The normalized spacial score (nSPS) is 23.0. The van der Waals surface area contributed by atoms with Gasteiger partial charge in [0.05, 0.1) is 12.3 Å². The average Bonchev–Trinajstić information content (AvgIpc) is 2.63. The van der Waals surface area contributed by atoms with E-state index in [-0.39, 0.29) is 6.04 Å². The SMILES string of the molecule is Cc1occc1C(N)/C1=C/CCCCCC1. The van der Waals surface area contributed by atoms with E-state index < -0.39 is 0 Å². The Hall–Kier alpha value is -1.02. The van der Waals surface area contributed by atoms with Crippen molar-refractivity contribution < 1.29 is 4.42 Å². The van der Waals surface area contributed by atoms with Crippen LogP contribution < -0.4 is 5.73 Å². The van der Waals surface area contributed by atoms with Crippen LogP contribution in [-0.2, 0) is 0 Å². The molecule has 0 saturated heterocycles. The van der Waals surface area contributed by atoms with Crippen LogP contribution in [0.25, 0.3) is 0 Å². The fourth-order valence-corrected chi connectivity index (χ4v) is 2.42. The van der Waals surface area contributed by atoms with E-state index in [1.807, 2.05) is 13.0 Å². The van der Waals surface area contributed by atoms with Crippen LogP contribution in [0, 0.1) is 6.92 Å². The van der Waals surface area contributed by atoms with Gasteiger partial charge in [-0.3, -0.25) is 0 Å². The van der Waals surface area contributed by atoms with E-state index in [9.17, 15) is 0 Å². The summed E-state index contributed by atoms with van der Waals surface area (Å²) in [6.07, 6.45) is 11.7. The lowest BCUT2D eigenvalue weighted by atomic mass is 9.92. The van der Waals surface area contributed by atoms with Crippen LogP contribution in [0.3, 0.4) is 0 Å². The van der Waals surface area contributed by atoms with Gasteiger partial charge in [0.25, 0.3) is 0 Å². The van der Waals surface area contributed by atoms with E-state index >= 15 is 0 Å². The van der Waals surface area contributed by atoms with E-state index in [1.54, 1.807) is 6.26 Å². The second-order valence-electron chi connectivity index (χ2n) is 4.64. The Morgan fingerprint density at radius 1 is 1.25 bits per heavy atom. The molecule has 2 N–H and O–H groups in total. The molecule has 16 heavy (non-hydrogen) atoms. The van der Waals surface area contributed by atoms with Crippen molar-refractivity contribution in [2.24, 2.45) is 5.73 Å². The number of hydrogen-bond donors (Lipinski definition) is 1. The Morgan fingerprint density at radius 2 is 2.06 bits per heavy atom. The first-order valence-electron chi connectivity index (χ1n) is 6.27. The van der Waals surface area contributed by atoms with Crippen molar-refractivity contribution in [2.45, 2.75) is 51.5 Å². The first-order chi connectivity index (χ1) is 7.79. The highest BCUT2D eigenvalue weighted by Crippen LogP contribution is 2.28. The van der Waals surface area contributed by atoms with E-state index in [0.717, 1.165) is 17.7 Å². The zero-order chi connectivity index (χ0) is 11.4. The Bertz CT molecular complexity index is 365. The number of nitrogens with two attached hydrogens (primary N) is 1. The average molecular weight is 219 g/mol. The molecule has 0 aliphatic heterocycles. The van der Waals surface area contributed by atoms with Gasteiger partial charge in [-0.1, -0.05) is 24.5 Å². The lowest BCUT2D eigenvalue weighted by Crippen LogP contribution is -2.14. The van der Waals surface area contributed by atoms with Crippen molar-refractivity contribution in [3.05, 3.63) is 35.3 Å². The quantitative estimate of drug-likeness (QED) is 0.767. The molecule has 2 nitrogen and oxygen atoms in total. The molecular formula is C14H21NO. The molecule has 1 aliphatic carbocycles. The van der Waals surface area contributed by atoms with Crippen molar-refractivity contribution >= 4 is 0 Å². The summed E-state index contributed by atoms with van der Waals surface area (Å²) >= 11 is 0. The number of furan rings is 1. The van der Waals surface area contributed by atoms with Gasteiger partial charge in [0.1, 0.15) is 5.76 Å². The molecule has 2 rings (SSSR count). The predicted molar refractivity (Wildman–Crippen MR) is 66.2 cm³/mol. The van der Waals surface area contributed by atoms with E-state index in [2.05, 4.69) is 6.08 Å². The molecule has 1 aliphatic rings. The van der Waals surface area contributed by atoms with E-state index in [0.29, 0.717) is 0 Å². The standard InChI is InChI=1S/C14H21NO/c1-11-13(9-10-16-11)14(15)12-7-5-3-2-4-6-8-12/h7,9-10,14H,2-6,8,15H2,1H3/b12-7+. The molecular weight excluding hydrogens is 198 g/mol. The topological polar surface area (TPSA) is 39.2 Å². The van der Waals surface area contributed by atoms with Gasteiger partial charge in [-0.15, -0.1) is 0 Å². The van der Waals surface area contributed by atoms with Gasteiger partial charge in [-0.2, -0.15) is 0 Å². The van der Waals surface area contributed by atoms with Crippen LogP contribution in [0.2, 0.25) is 0 Å². The molecule has 0 fully saturated rings. The third-order valence-electron chi connectivity index (χ3n) is 3.46. The second-order valence-corrected chi connectivity index (χ2v) is 4.64. The van der Waals surface area contributed by atoms with Crippen LogP contribution in [0.5, 0.6) is 0 Å². The number of allylic oxidation sites excluding steroid dienone is 1. The lowest BCUT2D eigenvalue weighted by molar-refractivity contribution is 0.525. The summed E-state index contributed by atoms with van der Waals surface area (Å²) in [6, 6.07) is 2.04. The summed E-state index contributed by atoms with van der Waals surface area (Å²) in [5, 5.41) is 0. The monoisotopic (exact) mass is 219 g/mol. The van der Waals surface area contributed by atoms with Crippen molar-refractivity contribution in [1.82, 2.24) is 0 Å². The largest absolute Gasteiger partial charge is 0.469 e. The van der Waals surface area contributed by atoms with Gasteiger partial charge < -0.3 is 10.2 Å². The summed E-state index contributed by atoms with van der Waals surface area (Å²) < 4.78 is 5.33. The summed E-state index contributed by atoms with van der Waals surface area (Å²) in [4.78, 5) is 0. The number of hydrogen-bond acceptors (Lipinski definition) is 2. The first kappa shape index (κ1) is 11.5. The summed E-state index contributed by atoms with van der Waals surface area (Å²) in [6.45, 7) is 1.98. The van der Waals surface area contributed by atoms with Crippen molar-refractivity contribution in [3.8, 4) is 0 Å². The van der Waals surface area contributed by atoms with Crippen molar-refractivity contribution in [3.63, 3.8) is 0 Å². The maximum Gasteiger partial charge on any atom is 0.105 e. The van der Waals surface area contributed by atoms with Crippen LogP contribution in [0.15, 0.2) is 28.4 Å². The molecule has 0 aromatic carbocycles. The molecule has 0 saturated carbocycles. The Kier molecular flexibility index (Phi) is 3.83. The van der Waals surface area contributed by atoms with Crippen LogP contribution in [0.1, 0.15) is 55.9 Å². The molecule has 1 atom stereocenters. The third-order valence-corrected chi connectivity index (χ3v) is 3.46. The summed E-state index contributed by atoms with van der Waals surface area (Å²) in [5.41, 5.74) is 8.85. The highest BCUT2D eigenvalue weighted by molar-refractivity contribution is 5.29. The number of aryl methyl sites for hydroxylation is 1. The summed E-state index contributed by atoms with van der Waals surface area (Å²) in [7, 11) is 0. The van der Waals surface area contributed by atoms with Gasteiger partial charge in [0, 0.05) is 5.56 Å². The molecule has 0 spiro atoms. The second kappa shape index (κ2) is 5.35. The van der Waals surface area contributed by atoms with Gasteiger partial charge in [-0.05, 0) is 38.7 Å². The molecule has 1 aromatic heterocycles. The number of rotatable bonds is 2. The lowest BCUT2D eigenvalue weighted by Gasteiger charge is -2.18. The maximum atomic E-state index is 6.31. The van der Waals surface area contributed by atoms with Crippen LogP contribution in [0.4, 0.5) is 0 Å². The molecule has 2 heteroatoms. The molecule has 0 amide bonds. The summed E-state index contributed by atoms with van der Waals surface area (Å²) in [5.74, 6) is 0.954. The third kappa shape index (κ3) is 2.56. The predicted octanol–water partition coefficient (Wildman–Crippen LogP) is 3.87. The van der Waals surface area contributed by atoms with Crippen molar-refractivity contribution in [2.75, 3.05) is 0 Å². The fraction of sp³-hybridized carbons (Fsp3) is 0.571. The molecule has 0 radical (unpaired) electrons. The molecule has 1 aromatic rings. The molecule has 88 valence electrons. The van der Waals surface area contributed by atoms with E-state index in [1.165, 1.54) is 37.7 Å². The Labute approximate surface area is 97.5 Å². The van der Waals surface area contributed by atoms with E-state index in [4.69, 9.17) is 10.2 Å². The Balaban J connectivity index is 2.13. The van der Waals surface area contributed by atoms with Crippen LogP contribution >= 0.6 is 0 Å². The van der Waals surface area contributed by atoms with Gasteiger partial charge >= 0.3 is 0 Å². The minimum absolute atomic E-state index is 0.0387. The smallest absolute Gasteiger partial charge is 0.105 e. The van der Waals surface area contributed by atoms with Crippen LogP contribution in [-0.4, -0.2) is 0 Å². The Morgan fingerprint density at radius 3 is 2.81 bits per heavy atom. The molecule has 1 heterocycles. The van der Waals surface area contributed by atoms with Gasteiger partial charge in [0.15, 0.2) is 0 Å². The zero-order valence-electron chi connectivity index (χ0n) is 10.0. The minimum atomic E-state index is 0.0387. The first-order valence-corrected chi connectivity index (χ1v) is 6.27. The molecule has 0 bridgehead atoms. The fourth-order valence-electron chi connectivity index (χ4n) is 2.42. The maximum absolute atomic E-state index is 6.31. The van der Waals surface area contributed by atoms with Crippen molar-refractivity contribution in [1.29, 1.82) is 0 Å². The highest BCUT2D eigenvalue weighted by Gasteiger charge is 2.16. The zero-order valence-corrected chi connectivity index (χ0v) is 10.0. The van der Waals surface area contributed by atoms with Gasteiger partial charge in [-0.25, -0.2) is 0 Å². The molecule has 1 unspecified atom stereocenters. The minimum Gasteiger partial charge on any atom is -0.469 e.